The molecule has 92 valence electrons. The van der Waals surface area contributed by atoms with E-state index in [1.807, 2.05) is 6.92 Å². The number of nitrogens with two attached hydrogens (primary N) is 1. The molecule has 0 aromatic heterocycles. The number of amides is 1. The molecule has 0 bridgehead atoms. The molecule has 1 atom stereocenters. The van der Waals surface area contributed by atoms with E-state index in [1.165, 1.54) is 0 Å². The van der Waals surface area contributed by atoms with Gasteiger partial charge in [-0.2, -0.15) is 0 Å². The van der Waals surface area contributed by atoms with Gasteiger partial charge >= 0.3 is 0 Å². The number of rotatable bonds is 3. The van der Waals surface area contributed by atoms with Gasteiger partial charge in [0, 0.05) is 11.6 Å². The van der Waals surface area contributed by atoms with Crippen LogP contribution in [0.2, 0.25) is 0 Å². The molecule has 17 heavy (non-hydrogen) atoms. The summed E-state index contributed by atoms with van der Waals surface area (Å²) < 4.78 is 26.3. The number of nitrogen functional groups attached to an aromatic ring is 1. The predicted octanol–water partition coefficient (Wildman–Crippen LogP) is 2.08. The van der Waals surface area contributed by atoms with Crippen LogP contribution in [0.25, 0.3) is 0 Å². The van der Waals surface area contributed by atoms with Crippen molar-refractivity contribution in [2.45, 2.75) is 25.8 Å². The van der Waals surface area contributed by atoms with Crippen molar-refractivity contribution in [3.63, 3.8) is 0 Å². The third-order valence-electron chi connectivity index (χ3n) is 3.03. The minimum atomic E-state index is -0.908. The van der Waals surface area contributed by atoms with E-state index >= 15 is 0 Å². The average Bonchev–Trinajstić information content (AvgIpc) is 3.08. The summed E-state index contributed by atoms with van der Waals surface area (Å²) in [6.07, 6.45) is 2.18. The lowest BCUT2D eigenvalue weighted by molar-refractivity contribution is 0.0935. The molecule has 1 aliphatic carbocycles. The van der Waals surface area contributed by atoms with E-state index in [-0.39, 0.29) is 11.6 Å². The van der Waals surface area contributed by atoms with Gasteiger partial charge in [0.15, 0.2) is 0 Å². The molecule has 1 unspecified atom stereocenters. The number of carbonyl (C=O) groups is 1. The Bertz CT molecular complexity index is 435. The standard InChI is InChI=1S/C12H14F2N2O/c1-6(7-2-3-7)16-12(17)8-4-9(13)11(15)10(14)5-8/h4-7H,2-3,15H2,1H3,(H,16,17). The molecule has 0 radical (unpaired) electrons. The van der Waals surface area contributed by atoms with Crippen molar-refractivity contribution < 1.29 is 13.6 Å². The van der Waals surface area contributed by atoms with Crippen LogP contribution in [0.1, 0.15) is 30.1 Å². The highest BCUT2D eigenvalue weighted by Gasteiger charge is 2.29. The molecule has 0 aliphatic heterocycles. The van der Waals surface area contributed by atoms with Crippen LogP contribution in [0, 0.1) is 17.6 Å². The molecule has 1 aromatic rings. The van der Waals surface area contributed by atoms with Crippen LogP contribution in [-0.2, 0) is 0 Å². The molecule has 3 N–H and O–H groups in total. The minimum absolute atomic E-state index is 0.0335. The highest BCUT2D eigenvalue weighted by Crippen LogP contribution is 2.32. The molecule has 1 amide bonds. The molecule has 1 fully saturated rings. The molecule has 1 aromatic carbocycles. The summed E-state index contributed by atoms with van der Waals surface area (Å²) >= 11 is 0. The van der Waals surface area contributed by atoms with Gasteiger partial charge in [-0.3, -0.25) is 4.79 Å². The maximum Gasteiger partial charge on any atom is 0.251 e. The molecule has 1 saturated carbocycles. The van der Waals surface area contributed by atoms with Crippen LogP contribution >= 0.6 is 0 Å². The first kappa shape index (κ1) is 11.8. The topological polar surface area (TPSA) is 55.1 Å². The Balaban J connectivity index is 2.13. The van der Waals surface area contributed by atoms with E-state index in [0.717, 1.165) is 25.0 Å². The third-order valence-corrected chi connectivity index (χ3v) is 3.03. The van der Waals surface area contributed by atoms with Crippen LogP contribution in [0.4, 0.5) is 14.5 Å². The molecule has 0 saturated heterocycles. The Labute approximate surface area is 98.0 Å². The van der Waals surface area contributed by atoms with Gasteiger partial charge in [0.1, 0.15) is 17.3 Å². The largest absolute Gasteiger partial charge is 0.394 e. The van der Waals surface area contributed by atoms with Gasteiger partial charge < -0.3 is 11.1 Å². The van der Waals surface area contributed by atoms with Crippen LogP contribution in [0.3, 0.4) is 0 Å². The Hall–Kier alpha value is -1.65. The predicted molar refractivity (Wildman–Crippen MR) is 60.4 cm³/mol. The second-order valence-electron chi connectivity index (χ2n) is 4.45. The lowest BCUT2D eigenvalue weighted by atomic mass is 10.1. The van der Waals surface area contributed by atoms with Crippen molar-refractivity contribution in [3.8, 4) is 0 Å². The molecule has 1 aliphatic rings. The van der Waals surface area contributed by atoms with Crippen molar-refractivity contribution in [2.24, 2.45) is 5.92 Å². The van der Waals surface area contributed by atoms with E-state index in [9.17, 15) is 13.6 Å². The highest BCUT2D eigenvalue weighted by molar-refractivity contribution is 5.94. The fraction of sp³-hybridized carbons (Fsp3) is 0.417. The number of anilines is 1. The minimum Gasteiger partial charge on any atom is -0.394 e. The van der Waals surface area contributed by atoms with Crippen molar-refractivity contribution in [1.29, 1.82) is 0 Å². The first-order valence-corrected chi connectivity index (χ1v) is 5.54. The molecule has 0 heterocycles. The highest BCUT2D eigenvalue weighted by atomic mass is 19.1. The Kier molecular flexibility index (Phi) is 3.00. The van der Waals surface area contributed by atoms with E-state index in [4.69, 9.17) is 5.73 Å². The molecule has 3 nitrogen and oxygen atoms in total. The zero-order chi connectivity index (χ0) is 12.6. The normalized spacial score (nSPS) is 16.6. The second kappa shape index (κ2) is 4.31. The number of carbonyl (C=O) groups excluding carboxylic acids is 1. The summed E-state index contributed by atoms with van der Waals surface area (Å²) in [6, 6.07) is 1.94. The summed E-state index contributed by atoms with van der Waals surface area (Å²) in [5, 5.41) is 2.72. The van der Waals surface area contributed by atoms with Crippen molar-refractivity contribution in [2.75, 3.05) is 5.73 Å². The number of halogens is 2. The van der Waals surface area contributed by atoms with Gasteiger partial charge in [-0.05, 0) is 37.8 Å². The average molecular weight is 240 g/mol. The van der Waals surface area contributed by atoms with Crippen LogP contribution < -0.4 is 11.1 Å². The summed E-state index contributed by atoms with van der Waals surface area (Å²) in [7, 11) is 0. The van der Waals surface area contributed by atoms with Crippen LogP contribution in [0.15, 0.2) is 12.1 Å². The van der Waals surface area contributed by atoms with E-state index in [0.29, 0.717) is 5.92 Å². The fourth-order valence-electron chi connectivity index (χ4n) is 1.72. The maximum absolute atomic E-state index is 13.2. The summed E-state index contributed by atoms with van der Waals surface area (Å²) in [5.41, 5.74) is 4.53. The monoisotopic (exact) mass is 240 g/mol. The quantitative estimate of drug-likeness (QED) is 0.795. The van der Waals surface area contributed by atoms with Gasteiger partial charge in [0.2, 0.25) is 0 Å². The van der Waals surface area contributed by atoms with Crippen molar-refractivity contribution in [1.82, 2.24) is 5.32 Å². The van der Waals surface area contributed by atoms with Crippen molar-refractivity contribution in [3.05, 3.63) is 29.3 Å². The van der Waals surface area contributed by atoms with E-state index in [1.54, 1.807) is 0 Å². The van der Waals surface area contributed by atoms with Gasteiger partial charge in [-0.1, -0.05) is 0 Å². The number of hydrogen-bond donors (Lipinski definition) is 2. The van der Waals surface area contributed by atoms with Crippen LogP contribution in [-0.4, -0.2) is 11.9 Å². The number of nitrogens with one attached hydrogen (secondary N) is 1. The Morgan fingerprint density at radius 3 is 2.41 bits per heavy atom. The lowest BCUT2D eigenvalue weighted by Crippen LogP contribution is -2.34. The summed E-state index contributed by atoms with van der Waals surface area (Å²) in [5.74, 6) is -1.80. The number of hydrogen-bond acceptors (Lipinski definition) is 2. The summed E-state index contributed by atoms with van der Waals surface area (Å²) in [6.45, 7) is 1.89. The lowest BCUT2D eigenvalue weighted by Gasteiger charge is -2.13. The summed E-state index contributed by atoms with van der Waals surface area (Å²) in [4.78, 5) is 11.7. The number of benzene rings is 1. The van der Waals surface area contributed by atoms with Crippen molar-refractivity contribution >= 4 is 11.6 Å². The van der Waals surface area contributed by atoms with Gasteiger partial charge in [-0.15, -0.1) is 0 Å². The zero-order valence-electron chi connectivity index (χ0n) is 9.47. The molecular weight excluding hydrogens is 226 g/mol. The first-order chi connectivity index (χ1) is 7.99. The molecule has 2 rings (SSSR count). The zero-order valence-corrected chi connectivity index (χ0v) is 9.47. The van der Waals surface area contributed by atoms with Gasteiger partial charge in [0.05, 0.1) is 0 Å². The maximum atomic E-state index is 13.2. The SMILES string of the molecule is CC(NC(=O)c1cc(F)c(N)c(F)c1)C1CC1. The molecule has 5 heteroatoms. The first-order valence-electron chi connectivity index (χ1n) is 5.54. The Morgan fingerprint density at radius 1 is 1.41 bits per heavy atom. The van der Waals surface area contributed by atoms with Gasteiger partial charge in [0.25, 0.3) is 5.91 Å². The fourth-order valence-corrected chi connectivity index (χ4v) is 1.72. The Morgan fingerprint density at radius 2 is 1.94 bits per heavy atom. The van der Waals surface area contributed by atoms with Gasteiger partial charge in [-0.25, -0.2) is 8.78 Å². The smallest absolute Gasteiger partial charge is 0.251 e. The molecular formula is C12H14F2N2O. The van der Waals surface area contributed by atoms with Crippen LogP contribution in [0.5, 0.6) is 0 Å². The third kappa shape index (κ3) is 2.54. The molecule has 0 spiro atoms. The second-order valence-corrected chi connectivity index (χ2v) is 4.45. The van der Waals surface area contributed by atoms with E-state index in [2.05, 4.69) is 5.32 Å². The van der Waals surface area contributed by atoms with E-state index < -0.39 is 23.2 Å².